The van der Waals surface area contributed by atoms with Crippen molar-refractivity contribution in [3.63, 3.8) is 0 Å². The predicted octanol–water partition coefficient (Wildman–Crippen LogP) is 2.50. The Labute approximate surface area is 110 Å². The predicted molar refractivity (Wildman–Crippen MR) is 73.5 cm³/mol. The molecule has 2 rings (SSSR count). The minimum atomic E-state index is 0.805. The van der Waals surface area contributed by atoms with Crippen LogP contribution in [0.5, 0.6) is 0 Å². The van der Waals surface area contributed by atoms with E-state index in [4.69, 9.17) is 4.74 Å². The van der Waals surface area contributed by atoms with Crippen molar-refractivity contribution < 1.29 is 4.74 Å². The average Bonchev–Trinajstić information content (AvgIpc) is 3.21. The van der Waals surface area contributed by atoms with E-state index in [0.717, 1.165) is 32.0 Å². The Kier molecular flexibility index (Phi) is 5.14. The molecule has 3 heteroatoms. The van der Waals surface area contributed by atoms with Gasteiger partial charge in [0.15, 0.2) is 0 Å². The first kappa shape index (κ1) is 13.5. The molecule has 1 aromatic rings. The minimum absolute atomic E-state index is 0.805. The van der Waals surface area contributed by atoms with E-state index in [1.54, 1.807) is 7.11 Å². The van der Waals surface area contributed by atoms with Gasteiger partial charge in [-0.15, -0.1) is 0 Å². The van der Waals surface area contributed by atoms with Gasteiger partial charge in [-0.2, -0.15) is 0 Å². The quantitative estimate of drug-likeness (QED) is 0.707. The van der Waals surface area contributed by atoms with E-state index in [9.17, 15) is 0 Å². The lowest BCUT2D eigenvalue weighted by atomic mass is 10.2. The third-order valence-corrected chi connectivity index (χ3v) is 3.50. The topological polar surface area (TPSA) is 25.4 Å². The Morgan fingerprint density at radius 3 is 2.78 bits per heavy atom. The molecule has 0 unspecified atom stereocenters. The molecule has 0 spiro atoms. The van der Waals surface area contributed by atoms with Crippen LogP contribution in [-0.4, -0.2) is 36.7 Å². The number of aryl methyl sites for hydroxylation is 1. The van der Waals surface area contributed by atoms with Crippen molar-refractivity contribution in [2.75, 3.05) is 26.8 Å². The number of aromatic nitrogens is 1. The second-order valence-electron chi connectivity index (χ2n) is 5.18. The molecule has 1 aromatic heterocycles. The Morgan fingerprint density at radius 1 is 1.39 bits per heavy atom. The van der Waals surface area contributed by atoms with Crippen molar-refractivity contribution >= 4 is 0 Å². The summed E-state index contributed by atoms with van der Waals surface area (Å²) in [6.07, 6.45) is 5.85. The van der Waals surface area contributed by atoms with E-state index in [1.165, 1.54) is 30.6 Å². The molecule has 0 aliphatic heterocycles. The van der Waals surface area contributed by atoms with Gasteiger partial charge in [0.1, 0.15) is 0 Å². The molecule has 0 amide bonds. The van der Waals surface area contributed by atoms with E-state index >= 15 is 0 Å². The fraction of sp³-hybridized carbons (Fsp3) is 0.667. The van der Waals surface area contributed by atoms with Gasteiger partial charge in [-0.3, -0.25) is 9.88 Å². The second-order valence-corrected chi connectivity index (χ2v) is 5.18. The lowest BCUT2D eigenvalue weighted by molar-refractivity contribution is 0.140. The summed E-state index contributed by atoms with van der Waals surface area (Å²) in [6, 6.07) is 4.35. The monoisotopic (exact) mass is 248 g/mol. The molecule has 1 aliphatic carbocycles. The number of pyridine rings is 1. The zero-order valence-corrected chi connectivity index (χ0v) is 11.6. The molecule has 0 atom stereocenters. The molecule has 0 radical (unpaired) electrons. The first-order valence-electron chi connectivity index (χ1n) is 6.97. The van der Waals surface area contributed by atoms with Crippen LogP contribution < -0.4 is 0 Å². The van der Waals surface area contributed by atoms with Crippen molar-refractivity contribution in [3.8, 4) is 0 Å². The van der Waals surface area contributed by atoms with E-state index in [-0.39, 0.29) is 0 Å². The summed E-state index contributed by atoms with van der Waals surface area (Å²) in [5, 5.41) is 0. The zero-order chi connectivity index (χ0) is 12.8. The first-order chi connectivity index (χ1) is 8.81. The number of hydrogen-bond acceptors (Lipinski definition) is 3. The fourth-order valence-corrected chi connectivity index (χ4v) is 2.11. The van der Waals surface area contributed by atoms with Gasteiger partial charge in [-0.1, -0.05) is 13.0 Å². The molecule has 3 nitrogen and oxygen atoms in total. The van der Waals surface area contributed by atoms with E-state index in [1.807, 2.05) is 6.20 Å². The Morgan fingerprint density at radius 2 is 2.22 bits per heavy atom. The number of rotatable bonds is 8. The Balaban J connectivity index is 1.88. The molecule has 0 saturated heterocycles. The highest BCUT2D eigenvalue weighted by atomic mass is 16.5. The van der Waals surface area contributed by atoms with Crippen molar-refractivity contribution in [3.05, 3.63) is 29.6 Å². The van der Waals surface area contributed by atoms with Gasteiger partial charge in [0.25, 0.3) is 0 Å². The molecule has 0 bridgehead atoms. The number of ether oxygens (including phenoxy) is 1. The summed E-state index contributed by atoms with van der Waals surface area (Å²) in [4.78, 5) is 7.01. The maximum absolute atomic E-state index is 5.19. The molecule has 100 valence electrons. The van der Waals surface area contributed by atoms with E-state index in [2.05, 4.69) is 28.9 Å². The van der Waals surface area contributed by atoms with Crippen molar-refractivity contribution in [1.29, 1.82) is 0 Å². The third-order valence-electron chi connectivity index (χ3n) is 3.50. The van der Waals surface area contributed by atoms with Gasteiger partial charge < -0.3 is 4.74 Å². The first-order valence-corrected chi connectivity index (χ1v) is 6.97. The molecule has 1 fully saturated rings. The van der Waals surface area contributed by atoms with Crippen LogP contribution in [-0.2, 0) is 17.7 Å². The molecule has 1 heterocycles. The van der Waals surface area contributed by atoms with Crippen LogP contribution in [0.15, 0.2) is 18.3 Å². The lowest BCUT2D eigenvalue weighted by Crippen LogP contribution is -2.29. The summed E-state index contributed by atoms with van der Waals surface area (Å²) >= 11 is 0. The molecule has 0 N–H and O–H groups in total. The van der Waals surface area contributed by atoms with Gasteiger partial charge in [-0.05, 0) is 36.8 Å². The van der Waals surface area contributed by atoms with E-state index in [0.29, 0.717) is 0 Å². The molecular formula is C15H24N2O. The number of nitrogens with zero attached hydrogens (tertiary/aromatic N) is 2. The summed E-state index contributed by atoms with van der Waals surface area (Å²) < 4.78 is 5.19. The van der Waals surface area contributed by atoms with Gasteiger partial charge in [0.05, 0.1) is 12.3 Å². The molecule has 1 aliphatic rings. The third kappa shape index (κ3) is 4.39. The van der Waals surface area contributed by atoms with Crippen LogP contribution in [0.25, 0.3) is 0 Å². The maximum atomic E-state index is 5.19. The molecular weight excluding hydrogens is 224 g/mol. The second kappa shape index (κ2) is 6.86. The Hall–Kier alpha value is -0.930. The largest absolute Gasteiger partial charge is 0.383 e. The van der Waals surface area contributed by atoms with E-state index < -0.39 is 0 Å². The van der Waals surface area contributed by atoms with Crippen LogP contribution >= 0.6 is 0 Å². The number of methoxy groups -OCH3 is 1. The SMILES string of the molecule is CCc1ccc(CN(CCOC)CC2CC2)nc1. The van der Waals surface area contributed by atoms with Crippen molar-refractivity contribution in [2.45, 2.75) is 32.7 Å². The smallest absolute Gasteiger partial charge is 0.0589 e. The maximum Gasteiger partial charge on any atom is 0.0589 e. The van der Waals surface area contributed by atoms with Crippen molar-refractivity contribution in [2.24, 2.45) is 5.92 Å². The van der Waals surface area contributed by atoms with Gasteiger partial charge in [-0.25, -0.2) is 0 Å². The summed E-state index contributed by atoms with van der Waals surface area (Å²) in [6.45, 7) is 6.11. The van der Waals surface area contributed by atoms with Crippen molar-refractivity contribution in [1.82, 2.24) is 9.88 Å². The molecule has 1 saturated carbocycles. The number of hydrogen-bond donors (Lipinski definition) is 0. The summed E-state index contributed by atoms with van der Waals surface area (Å²) in [5.41, 5.74) is 2.48. The van der Waals surface area contributed by atoms with Crippen LogP contribution in [0.3, 0.4) is 0 Å². The van der Waals surface area contributed by atoms with Crippen LogP contribution in [0, 0.1) is 5.92 Å². The van der Waals surface area contributed by atoms with Gasteiger partial charge in [0, 0.05) is 32.9 Å². The normalized spacial score (nSPS) is 15.3. The zero-order valence-electron chi connectivity index (χ0n) is 11.6. The standard InChI is InChI=1S/C15H24N2O/c1-3-13-6-7-15(16-10-13)12-17(8-9-18-2)11-14-4-5-14/h6-7,10,14H,3-5,8-9,11-12H2,1-2H3. The van der Waals surface area contributed by atoms with Gasteiger partial charge in [0.2, 0.25) is 0 Å². The van der Waals surface area contributed by atoms with Crippen LogP contribution in [0.4, 0.5) is 0 Å². The average molecular weight is 248 g/mol. The fourth-order valence-electron chi connectivity index (χ4n) is 2.11. The van der Waals surface area contributed by atoms with Crippen LogP contribution in [0.1, 0.15) is 31.0 Å². The summed E-state index contributed by atoms with van der Waals surface area (Å²) in [5.74, 6) is 0.914. The molecule has 18 heavy (non-hydrogen) atoms. The minimum Gasteiger partial charge on any atom is -0.383 e. The highest BCUT2D eigenvalue weighted by Crippen LogP contribution is 2.30. The molecule has 0 aromatic carbocycles. The highest BCUT2D eigenvalue weighted by Gasteiger charge is 2.24. The highest BCUT2D eigenvalue weighted by molar-refractivity contribution is 5.13. The Bertz CT molecular complexity index is 346. The summed E-state index contributed by atoms with van der Waals surface area (Å²) in [7, 11) is 1.77. The van der Waals surface area contributed by atoms with Gasteiger partial charge >= 0.3 is 0 Å². The lowest BCUT2D eigenvalue weighted by Gasteiger charge is -2.21. The van der Waals surface area contributed by atoms with Crippen LogP contribution in [0.2, 0.25) is 0 Å².